The number of carbonyl (C=O) groups excluding carboxylic acids is 1. The van der Waals surface area contributed by atoms with Gasteiger partial charge in [-0.3, -0.25) is 14.9 Å². The Bertz CT molecular complexity index is 1270. The molecule has 0 aliphatic carbocycles. The summed E-state index contributed by atoms with van der Waals surface area (Å²) in [5.74, 6) is 0.727. The van der Waals surface area contributed by atoms with Gasteiger partial charge in [0.2, 0.25) is 0 Å². The minimum absolute atomic E-state index is 0.132. The van der Waals surface area contributed by atoms with Gasteiger partial charge in [-0.15, -0.1) is 0 Å². The van der Waals surface area contributed by atoms with E-state index in [1.54, 1.807) is 12.4 Å². The summed E-state index contributed by atoms with van der Waals surface area (Å²) in [6.45, 7) is 4.41. The van der Waals surface area contributed by atoms with Crippen molar-refractivity contribution in [3.8, 4) is 0 Å². The quantitative estimate of drug-likeness (QED) is 0.412. The first kappa shape index (κ1) is 22.1. The van der Waals surface area contributed by atoms with Crippen LogP contribution in [0.4, 0.5) is 5.69 Å². The number of benzene rings is 2. The molecule has 3 heterocycles. The van der Waals surface area contributed by atoms with Crippen LogP contribution in [-0.4, -0.2) is 39.1 Å². The van der Waals surface area contributed by atoms with E-state index in [0.29, 0.717) is 12.5 Å². The Hall–Kier alpha value is -3.67. The van der Waals surface area contributed by atoms with Crippen LogP contribution in [0.15, 0.2) is 67.1 Å². The second kappa shape index (κ2) is 10.1. The predicted octanol–water partition coefficient (Wildman–Crippen LogP) is 5.36. The summed E-state index contributed by atoms with van der Waals surface area (Å²) in [4.78, 5) is 19.5. The van der Waals surface area contributed by atoms with E-state index in [0.717, 1.165) is 72.1 Å². The summed E-state index contributed by atoms with van der Waals surface area (Å²) in [6.07, 6.45) is 9.76. The van der Waals surface area contributed by atoms with Gasteiger partial charge in [0.25, 0.3) is 5.91 Å². The summed E-state index contributed by atoms with van der Waals surface area (Å²) >= 11 is 0. The van der Waals surface area contributed by atoms with Crippen LogP contribution >= 0.6 is 0 Å². The fraction of sp³-hybridized carbons (Fsp3) is 0.321. The maximum atomic E-state index is 13.4. The fourth-order valence-corrected chi connectivity index (χ4v) is 4.85. The first-order valence-electron chi connectivity index (χ1n) is 12.1. The zero-order valence-electron chi connectivity index (χ0n) is 19.6. The number of fused-ring (bicyclic) bond motifs is 1. The number of H-pyrrole nitrogens is 1. The highest BCUT2D eigenvalue weighted by Gasteiger charge is 2.22. The maximum absolute atomic E-state index is 13.4. The molecule has 0 saturated carbocycles. The molecule has 2 aromatic carbocycles. The molecule has 1 amide bonds. The van der Waals surface area contributed by atoms with Gasteiger partial charge >= 0.3 is 0 Å². The van der Waals surface area contributed by atoms with E-state index in [1.807, 2.05) is 41.4 Å². The van der Waals surface area contributed by atoms with Crippen LogP contribution in [0.5, 0.6) is 0 Å². The van der Waals surface area contributed by atoms with Crippen LogP contribution in [0.25, 0.3) is 10.9 Å². The summed E-state index contributed by atoms with van der Waals surface area (Å²) in [5, 5.41) is 11.8. The van der Waals surface area contributed by atoms with Crippen molar-refractivity contribution in [3.05, 3.63) is 89.4 Å². The first-order valence-corrected chi connectivity index (χ1v) is 12.1. The molecular formula is C28H31N5O. The van der Waals surface area contributed by atoms with Gasteiger partial charge in [-0.05, 0) is 91.6 Å². The van der Waals surface area contributed by atoms with Gasteiger partial charge in [0.15, 0.2) is 0 Å². The summed E-state index contributed by atoms with van der Waals surface area (Å²) < 4.78 is 0. The van der Waals surface area contributed by atoms with Crippen LogP contribution in [0.3, 0.4) is 0 Å². The van der Waals surface area contributed by atoms with E-state index in [4.69, 9.17) is 0 Å². The standard InChI is InChI=1S/C28H31N5O/c1-20-4-6-24(17-27(20)30-18-22-8-11-29-12-9-22)28(34)33-13-2-3-21(10-14-33)15-23-5-7-26-25(16-23)19-31-32-26/h4-9,11-12,16-17,19,21,30H,2-3,10,13-15,18H2,1H3,(H,31,32). The number of pyridine rings is 1. The predicted molar refractivity (Wildman–Crippen MR) is 136 cm³/mol. The highest BCUT2D eigenvalue weighted by molar-refractivity contribution is 5.95. The van der Waals surface area contributed by atoms with Crippen molar-refractivity contribution in [2.75, 3.05) is 18.4 Å². The molecule has 1 saturated heterocycles. The van der Waals surface area contributed by atoms with Crippen LogP contribution in [0.2, 0.25) is 0 Å². The second-order valence-electron chi connectivity index (χ2n) is 9.32. The lowest BCUT2D eigenvalue weighted by Crippen LogP contribution is -2.32. The Labute approximate surface area is 200 Å². The molecule has 1 aliphatic rings. The Kier molecular flexibility index (Phi) is 6.56. The van der Waals surface area contributed by atoms with Crippen molar-refractivity contribution >= 4 is 22.5 Å². The molecule has 0 spiro atoms. The van der Waals surface area contributed by atoms with Gasteiger partial charge in [-0.25, -0.2) is 0 Å². The number of hydrogen-bond acceptors (Lipinski definition) is 4. The number of nitrogens with zero attached hydrogens (tertiary/aromatic N) is 3. The van der Waals surface area contributed by atoms with Crippen molar-refractivity contribution in [2.24, 2.45) is 5.92 Å². The normalized spacial score (nSPS) is 16.4. The van der Waals surface area contributed by atoms with Crippen LogP contribution in [-0.2, 0) is 13.0 Å². The van der Waals surface area contributed by atoms with E-state index in [-0.39, 0.29) is 5.91 Å². The average molecular weight is 454 g/mol. The van der Waals surface area contributed by atoms with Gasteiger partial charge in [0.1, 0.15) is 0 Å². The summed E-state index contributed by atoms with van der Waals surface area (Å²) in [5.41, 5.74) is 6.49. The van der Waals surface area contributed by atoms with E-state index in [1.165, 1.54) is 5.56 Å². The monoisotopic (exact) mass is 453 g/mol. The third-order valence-electron chi connectivity index (χ3n) is 6.88. The van der Waals surface area contributed by atoms with Crippen LogP contribution < -0.4 is 5.32 Å². The lowest BCUT2D eigenvalue weighted by molar-refractivity contribution is 0.0760. The molecule has 6 nitrogen and oxygen atoms in total. The molecule has 2 N–H and O–H groups in total. The molecule has 6 heteroatoms. The number of aryl methyl sites for hydroxylation is 1. The Morgan fingerprint density at radius 2 is 1.94 bits per heavy atom. The van der Waals surface area contributed by atoms with Crippen molar-refractivity contribution in [1.29, 1.82) is 0 Å². The Morgan fingerprint density at radius 3 is 2.82 bits per heavy atom. The number of hydrogen-bond donors (Lipinski definition) is 2. The Balaban J connectivity index is 1.21. The number of amides is 1. The number of carbonyl (C=O) groups is 1. The van der Waals surface area contributed by atoms with E-state index >= 15 is 0 Å². The highest BCUT2D eigenvalue weighted by atomic mass is 16.2. The number of likely N-dealkylation sites (tertiary alicyclic amines) is 1. The SMILES string of the molecule is Cc1ccc(C(=O)N2CCCC(Cc3ccc4[nH]ncc4c3)CC2)cc1NCc1ccncc1. The number of aromatic amines is 1. The zero-order chi connectivity index (χ0) is 23.3. The molecule has 5 rings (SSSR count). The van der Waals surface area contributed by atoms with E-state index < -0.39 is 0 Å². The first-order chi connectivity index (χ1) is 16.7. The van der Waals surface area contributed by atoms with Gasteiger partial charge in [-0.1, -0.05) is 12.1 Å². The molecule has 1 unspecified atom stereocenters. The van der Waals surface area contributed by atoms with Gasteiger partial charge in [0, 0.05) is 48.7 Å². The lowest BCUT2D eigenvalue weighted by atomic mass is 9.92. The van der Waals surface area contributed by atoms with Crippen LogP contribution in [0.1, 0.15) is 46.3 Å². The molecule has 2 aromatic heterocycles. The summed E-state index contributed by atoms with van der Waals surface area (Å²) in [6, 6.07) is 16.5. The number of nitrogens with one attached hydrogen (secondary N) is 2. The minimum atomic E-state index is 0.132. The van der Waals surface area contributed by atoms with Crippen molar-refractivity contribution in [3.63, 3.8) is 0 Å². The molecular weight excluding hydrogens is 422 g/mol. The molecule has 4 aromatic rings. The van der Waals surface area contributed by atoms with Gasteiger partial charge < -0.3 is 10.2 Å². The third kappa shape index (κ3) is 5.11. The maximum Gasteiger partial charge on any atom is 0.253 e. The molecule has 174 valence electrons. The average Bonchev–Trinajstić information content (AvgIpc) is 3.21. The van der Waals surface area contributed by atoms with Gasteiger partial charge in [0.05, 0.1) is 11.7 Å². The van der Waals surface area contributed by atoms with Crippen molar-refractivity contribution < 1.29 is 4.79 Å². The minimum Gasteiger partial charge on any atom is -0.381 e. The molecule has 1 fully saturated rings. The smallest absolute Gasteiger partial charge is 0.253 e. The molecule has 34 heavy (non-hydrogen) atoms. The number of aromatic nitrogens is 3. The third-order valence-corrected chi connectivity index (χ3v) is 6.88. The van der Waals surface area contributed by atoms with Crippen molar-refractivity contribution in [2.45, 2.75) is 39.2 Å². The summed E-state index contributed by atoms with van der Waals surface area (Å²) in [7, 11) is 0. The lowest BCUT2D eigenvalue weighted by Gasteiger charge is -2.22. The molecule has 0 radical (unpaired) electrons. The number of anilines is 1. The van der Waals surface area contributed by atoms with Crippen LogP contribution in [0, 0.1) is 12.8 Å². The van der Waals surface area contributed by atoms with Gasteiger partial charge in [-0.2, -0.15) is 5.10 Å². The highest BCUT2D eigenvalue weighted by Crippen LogP contribution is 2.25. The fourth-order valence-electron chi connectivity index (χ4n) is 4.85. The number of rotatable bonds is 6. The van der Waals surface area contributed by atoms with E-state index in [9.17, 15) is 4.79 Å². The molecule has 0 bridgehead atoms. The molecule has 1 atom stereocenters. The largest absolute Gasteiger partial charge is 0.381 e. The zero-order valence-corrected chi connectivity index (χ0v) is 19.6. The van der Waals surface area contributed by atoms with Crippen molar-refractivity contribution in [1.82, 2.24) is 20.1 Å². The Morgan fingerprint density at radius 1 is 1.06 bits per heavy atom. The topological polar surface area (TPSA) is 73.9 Å². The van der Waals surface area contributed by atoms with E-state index in [2.05, 4.69) is 45.6 Å². The second-order valence-corrected chi connectivity index (χ2v) is 9.32. The molecule has 1 aliphatic heterocycles.